The molecule has 1 aliphatic rings. The highest BCUT2D eigenvalue weighted by atomic mass is 32.2. The molecule has 2 aromatic rings. The molecule has 20 heavy (non-hydrogen) atoms. The van der Waals surface area contributed by atoms with Gasteiger partial charge in [-0.3, -0.25) is 4.79 Å². The number of hydrogen-bond acceptors (Lipinski definition) is 5. The van der Waals surface area contributed by atoms with E-state index in [-0.39, 0.29) is 5.78 Å². The summed E-state index contributed by atoms with van der Waals surface area (Å²) in [6.07, 6.45) is 4.09. The summed E-state index contributed by atoms with van der Waals surface area (Å²) in [4.78, 5) is 12.3. The number of ether oxygens (including phenoxy) is 1. The van der Waals surface area contributed by atoms with Crippen LogP contribution in [0.25, 0.3) is 0 Å². The Morgan fingerprint density at radius 2 is 2.25 bits per heavy atom. The molecule has 104 valence electrons. The minimum absolute atomic E-state index is 0.0396. The minimum atomic E-state index is 0.0396. The zero-order chi connectivity index (χ0) is 13.9. The van der Waals surface area contributed by atoms with Crippen LogP contribution in [-0.4, -0.2) is 33.4 Å². The molecule has 0 bridgehead atoms. The molecule has 6 heteroatoms. The summed E-state index contributed by atoms with van der Waals surface area (Å²) in [7, 11) is 1.57. The monoisotopic (exact) mass is 289 g/mol. The number of benzene rings is 1. The van der Waals surface area contributed by atoms with E-state index < -0.39 is 0 Å². The van der Waals surface area contributed by atoms with E-state index in [4.69, 9.17) is 4.74 Å². The lowest BCUT2D eigenvalue weighted by Crippen LogP contribution is -2.06. The number of carbonyl (C=O) groups is 1. The van der Waals surface area contributed by atoms with Gasteiger partial charge >= 0.3 is 0 Å². The number of para-hydroxylation sites is 1. The van der Waals surface area contributed by atoms with E-state index in [1.165, 1.54) is 24.6 Å². The number of nitrogens with zero attached hydrogens (tertiary/aromatic N) is 3. The van der Waals surface area contributed by atoms with Crippen molar-refractivity contribution in [3.8, 4) is 5.75 Å². The minimum Gasteiger partial charge on any atom is -0.496 e. The van der Waals surface area contributed by atoms with Crippen molar-refractivity contribution < 1.29 is 9.53 Å². The van der Waals surface area contributed by atoms with Crippen molar-refractivity contribution in [2.24, 2.45) is 0 Å². The van der Waals surface area contributed by atoms with E-state index in [0.29, 0.717) is 23.1 Å². The summed E-state index contributed by atoms with van der Waals surface area (Å²) in [5.74, 6) is 0.991. The number of Topliss-reactive ketones (excluding diaryl/α,β-unsaturated/α-hetero) is 1. The Morgan fingerprint density at radius 1 is 1.45 bits per heavy atom. The van der Waals surface area contributed by atoms with Crippen molar-refractivity contribution in [2.45, 2.75) is 24.0 Å². The molecule has 0 unspecified atom stereocenters. The van der Waals surface area contributed by atoms with E-state index >= 15 is 0 Å². The standard InChI is InChI=1S/C14H15N3O2S/c1-19-13-5-3-2-4-11(13)12(18)8-20-14-16-15-9-17(14)10-6-7-10/h2-5,9-10H,6-8H2,1H3. The van der Waals surface area contributed by atoms with Gasteiger partial charge in [0.1, 0.15) is 12.1 Å². The molecule has 1 aromatic carbocycles. The van der Waals surface area contributed by atoms with Crippen molar-refractivity contribution in [3.63, 3.8) is 0 Å². The van der Waals surface area contributed by atoms with Crippen LogP contribution < -0.4 is 4.74 Å². The van der Waals surface area contributed by atoms with Crippen LogP contribution in [0.4, 0.5) is 0 Å². The average Bonchev–Trinajstić information content (AvgIpc) is 3.23. The van der Waals surface area contributed by atoms with Crippen molar-refractivity contribution in [1.29, 1.82) is 0 Å². The first-order chi connectivity index (χ1) is 9.79. The summed E-state index contributed by atoms with van der Waals surface area (Å²) >= 11 is 1.43. The van der Waals surface area contributed by atoms with E-state index in [2.05, 4.69) is 14.8 Å². The van der Waals surface area contributed by atoms with Gasteiger partial charge in [0.25, 0.3) is 0 Å². The molecule has 1 aromatic heterocycles. The molecule has 1 saturated carbocycles. The molecule has 0 atom stereocenters. The number of methoxy groups -OCH3 is 1. The van der Waals surface area contributed by atoms with Crippen LogP contribution in [0.2, 0.25) is 0 Å². The van der Waals surface area contributed by atoms with Crippen LogP contribution in [-0.2, 0) is 0 Å². The predicted octanol–water partition coefficient (Wildman–Crippen LogP) is 2.60. The van der Waals surface area contributed by atoms with E-state index in [0.717, 1.165) is 5.16 Å². The molecule has 0 saturated heterocycles. The highest BCUT2D eigenvalue weighted by Crippen LogP contribution is 2.37. The van der Waals surface area contributed by atoms with Gasteiger partial charge < -0.3 is 9.30 Å². The second-order valence-corrected chi connectivity index (χ2v) is 5.61. The van der Waals surface area contributed by atoms with Gasteiger partial charge in [-0.2, -0.15) is 0 Å². The highest BCUT2D eigenvalue weighted by Gasteiger charge is 2.26. The van der Waals surface area contributed by atoms with Gasteiger partial charge in [-0.25, -0.2) is 0 Å². The first-order valence-electron chi connectivity index (χ1n) is 6.48. The Kier molecular flexibility index (Phi) is 3.73. The Hall–Kier alpha value is -1.82. The van der Waals surface area contributed by atoms with Crippen molar-refractivity contribution >= 4 is 17.5 Å². The van der Waals surface area contributed by atoms with Gasteiger partial charge in [0.05, 0.1) is 18.4 Å². The maximum atomic E-state index is 12.3. The fourth-order valence-corrected chi connectivity index (χ4v) is 2.89. The second kappa shape index (κ2) is 5.66. The van der Waals surface area contributed by atoms with E-state index in [9.17, 15) is 4.79 Å². The normalized spacial score (nSPS) is 14.2. The van der Waals surface area contributed by atoms with Crippen LogP contribution in [0.3, 0.4) is 0 Å². The molecule has 1 aliphatic carbocycles. The fraction of sp³-hybridized carbons (Fsp3) is 0.357. The summed E-state index contributed by atoms with van der Waals surface area (Å²) in [6.45, 7) is 0. The molecule has 1 fully saturated rings. The van der Waals surface area contributed by atoms with Gasteiger partial charge in [0.15, 0.2) is 10.9 Å². The molecule has 3 rings (SSSR count). The Bertz CT molecular complexity index is 622. The molecule has 1 heterocycles. The molecule has 0 spiro atoms. The maximum absolute atomic E-state index is 12.3. The molecule has 5 nitrogen and oxygen atoms in total. The second-order valence-electron chi connectivity index (χ2n) is 4.66. The topological polar surface area (TPSA) is 57.0 Å². The van der Waals surface area contributed by atoms with Crippen LogP contribution in [0, 0.1) is 0 Å². The summed E-state index contributed by atoms with van der Waals surface area (Å²) in [6, 6.07) is 7.80. The van der Waals surface area contributed by atoms with Gasteiger partial charge in [0, 0.05) is 6.04 Å². The number of hydrogen-bond donors (Lipinski definition) is 0. The maximum Gasteiger partial charge on any atom is 0.191 e. The number of carbonyl (C=O) groups excluding carboxylic acids is 1. The van der Waals surface area contributed by atoms with Gasteiger partial charge in [0.2, 0.25) is 0 Å². The molecular formula is C14H15N3O2S. The Labute approximate surface area is 121 Å². The highest BCUT2D eigenvalue weighted by molar-refractivity contribution is 7.99. The summed E-state index contributed by atoms with van der Waals surface area (Å²) in [5, 5.41) is 8.82. The lowest BCUT2D eigenvalue weighted by Gasteiger charge is -2.07. The predicted molar refractivity (Wildman–Crippen MR) is 76.3 cm³/mol. The average molecular weight is 289 g/mol. The number of rotatable bonds is 6. The Morgan fingerprint density at radius 3 is 3.00 bits per heavy atom. The first kappa shape index (κ1) is 13.2. The smallest absolute Gasteiger partial charge is 0.191 e. The summed E-state index contributed by atoms with van der Waals surface area (Å²) in [5.41, 5.74) is 0.611. The zero-order valence-corrected chi connectivity index (χ0v) is 12.0. The number of thioether (sulfide) groups is 1. The van der Waals surface area contributed by atoms with Crippen molar-refractivity contribution in [2.75, 3.05) is 12.9 Å². The van der Waals surface area contributed by atoms with Gasteiger partial charge in [-0.15, -0.1) is 10.2 Å². The summed E-state index contributed by atoms with van der Waals surface area (Å²) < 4.78 is 7.27. The molecular weight excluding hydrogens is 274 g/mol. The quantitative estimate of drug-likeness (QED) is 0.604. The largest absolute Gasteiger partial charge is 0.496 e. The van der Waals surface area contributed by atoms with Crippen molar-refractivity contribution in [3.05, 3.63) is 36.2 Å². The van der Waals surface area contributed by atoms with E-state index in [1.54, 1.807) is 25.6 Å². The Balaban J connectivity index is 1.68. The van der Waals surface area contributed by atoms with Crippen LogP contribution in [0.1, 0.15) is 29.2 Å². The lowest BCUT2D eigenvalue weighted by molar-refractivity contribution is 0.101. The molecule has 0 radical (unpaired) electrons. The van der Waals surface area contributed by atoms with Crippen molar-refractivity contribution in [1.82, 2.24) is 14.8 Å². The third-order valence-electron chi connectivity index (χ3n) is 3.22. The third kappa shape index (κ3) is 2.70. The molecule has 0 amide bonds. The van der Waals surface area contributed by atoms with Gasteiger partial charge in [-0.05, 0) is 25.0 Å². The SMILES string of the molecule is COc1ccccc1C(=O)CSc1nncn1C1CC1. The van der Waals surface area contributed by atoms with Crippen LogP contribution >= 0.6 is 11.8 Å². The van der Waals surface area contributed by atoms with E-state index in [1.807, 2.05) is 12.1 Å². The van der Waals surface area contributed by atoms with Crippen LogP contribution in [0.15, 0.2) is 35.7 Å². The lowest BCUT2D eigenvalue weighted by atomic mass is 10.1. The molecule has 0 aliphatic heterocycles. The molecule has 0 N–H and O–H groups in total. The van der Waals surface area contributed by atoms with Crippen LogP contribution in [0.5, 0.6) is 5.75 Å². The number of ketones is 1. The van der Waals surface area contributed by atoms with Gasteiger partial charge in [-0.1, -0.05) is 23.9 Å². The number of aromatic nitrogens is 3. The third-order valence-corrected chi connectivity index (χ3v) is 4.18. The first-order valence-corrected chi connectivity index (χ1v) is 7.46. The zero-order valence-electron chi connectivity index (χ0n) is 11.2. The fourth-order valence-electron chi connectivity index (χ4n) is 2.02.